The Bertz CT molecular complexity index is 1370. The maximum atomic E-state index is 12.1. The maximum Gasteiger partial charge on any atom is 0.573 e. The van der Waals surface area contributed by atoms with Gasteiger partial charge in [-0.3, -0.25) is 30.2 Å². The van der Waals surface area contributed by atoms with Crippen molar-refractivity contribution < 1.29 is 37.3 Å². The van der Waals surface area contributed by atoms with Gasteiger partial charge in [0.05, 0.1) is 22.9 Å². The lowest BCUT2D eigenvalue weighted by atomic mass is 10.0. The normalized spacial score (nSPS) is 13.2. The minimum atomic E-state index is -4.96. The number of hydrogen-bond acceptors (Lipinski definition) is 9. The standard InChI is InChI=1S/C16H21N3O4.C9H5F3N2O3/c1-16(2,3)23-15(20)18-6-4-5-11-7-12-9-17-10-13(12)8-14(11)19(21)22;10-9(11,12)17-8-2-6-4-13-3-5(6)1-7(8)14(15)16/h7-8,10H,4-6,9H2,1-3H3,(H,18,20);1-3H,4H2. The van der Waals surface area contributed by atoms with Crippen molar-refractivity contribution in [2.75, 3.05) is 6.54 Å². The molecule has 4 rings (SSSR count). The van der Waals surface area contributed by atoms with E-state index in [1.807, 2.05) is 6.07 Å². The number of fused-ring (bicyclic) bond motifs is 2. The van der Waals surface area contributed by atoms with E-state index in [1.54, 1.807) is 33.1 Å². The second-order valence-electron chi connectivity index (χ2n) is 9.73. The molecule has 12 nitrogen and oxygen atoms in total. The average Bonchev–Trinajstić information content (AvgIpc) is 3.47. The number of halogens is 3. The molecule has 0 unspecified atom stereocenters. The number of nitrogens with zero attached hydrogens (tertiary/aromatic N) is 4. The number of nitrogens with one attached hydrogen (secondary N) is 1. The lowest BCUT2D eigenvalue weighted by molar-refractivity contribution is -0.388. The fourth-order valence-electron chi connectivity index (χ4n) is 3.83. The quantitative estimate of drug-likeness (QED) is 0.267. The van der Waals surface area contributed by atoms with Gasteiger partial charge in [0, 0.05) is 47.8 Å². The number of alkyl carbamates (subject to hydrolysis) is 1. The molecule has 214 valence electrons. The second-order valence-corrected chi connectivity index (χ2v) is 9.73. The van der Waals surface area contributed by atoms with Crippen molar-refractivity contribution in [2.24, 2.45) is 9.98 Å². The van der Waals surface area contributed by atoms with Gasteiger partial charge >= 0.3 is 18.1 Å². The van der Waals surface area contributed by atoms with Crippen molar-refractivity contribution in [2.45, 2.75) is 58.7 Å². The molecule has 0 atom stereocenters. The van der Waals surface area contributed by atoms with Gasteiger partial charge in [0.2, 0.25) is 5.75 Å². The largest absolute Gasteiger partial charge is 0.573 e. The van der Waals surface area contributed by atoms with Gasteiger partial charge in [-0.2, -0.15) is 0 Å². The van der Waals surface area contributed by atoms with Crippen molar-refractivity contribution in [1.29, 1.82) is 0 Å². The topological polar surface area (TPSA) is 159 Å². The number of ether oxygens (including phenoxy) is 2. The van der Waals surface area contributed by atoms with E-state index in [9.17, 15) is 38.2 Å². The molecule has 2 aliphatic heterocycles. The molecular formula is C25H26F3N5O7. The molecular weight excluding hydrogens is 539 g/mol. The van der Waals surface area contributed by atoms with Crippen LogP contribution in [0.3, 0.4) is 0 Å². The number of carbonyl (C=O) groups excluding carboxylic acids is 1. The van der Waals surface area contributed by atoms with Gasteiger partial charge < -0.3 is 14.8 Å². The second kappa shape index (κ2) is 12.1. The Morgan fingerprint density at radius 2 is 1.50 bits per heavy atom. The van der Waals surface area contributed by atoms with Gasteiger partial charge in [0.1, 0.15) is 5.60 Å². The highest BCUT2D eigenvalue weighted by molar-refractivity contribution is 5.86. The van der Waals surface area contributed by atoms with Crippen molar-refractivity contribution in [3.63, 3.8) is 0 Å². The summed E-state index contributed by atoms with van der Waals surface area (Å²) in [7, 11) is 0. The van der Waals surface area contributed by atoms with Crippen LogP contribution in [0.4, 0.5) is 29.3 Å². The Morgan fingerprint density at radius 3 is 2.02 bits per heavy atom. The Morgan fingerprint density at radius 1 is 0.950 bits per heavy atom. The molecule has 0 spiro atoms. The van der Waals surface area contributed by atoms with Crippen LogP contribution in [0.25, 0.3) is 0 Å². The molecule has 0 fully saturated rings. The number of rotatable bonds is 7. The first-order valence-electron chi connectivity index (χ1n) is 12.0. The Labute approximate surface area is 226 Å². The van der Waals surface area contributed by atoms with Gasteiger partial charge in [-0.15, -0.1) is 13.2 Å². The molecule has 1 N–H and O–H groups in total. The highest BCUT2D eigenvalue weighted by Gasteiger charge is 2.35. The number of nitro groups is 2. The van der Waals surface area contributed by atoms with E-state index in [0.29, 0.717) is 42.6 Å². The zero-order valence-electron chi connectivity index (χ0n) is 21.8. The van der Waals surface area contributed by atoms with Gasteiger partial charge in [-0.25, -0.2) is 4.79 Å². The van der Waals surface area contributed by atoms with Crippen molar-refractivity contribution in [3.8, 4) is 5.75 Å². The molecule has 15 heteroatoms. The van der Waals surface area contributed by atoms with E-state index in [4.69, 9.17) is 4.74 Å². The molecule has 2 aliphatic rings. The van der Waals surface area contributed by atoms with Crippen LogP contribution < -0.4 is 10.1 Å². The molecule has 2 aromatic carbocycles. The van der Waals surface area contributed by atoms with Crippen LogP contribution in [0.1, 0.15) is 55.0 Å². The predicted molar refractivity (Wildman–Crippen MR) is 138 cm³/mol. The Balaban J connectivity index is 0.000000230. The average molecular weight is 566 g/mol. The molecule has 1 amide bonds. The zero-order chi connectivity index (χ0) is 29.7. The number of hydrogen-bond donors (Lipinski definition) is 1. The number of carbonyl (C=O) groups is 1. The monoisotopic (exact) mass is 565 g/mol. The zero-order valence-corrected chi connectivity index (χ0v) is 21.8. The van der Waals surface area contributed by atoms with Gasteiger partial charge in [0.15, 0.2) is 0 Å². The van der Waals surface area contributed by atoms with Gasteiger partial charge in [0.25, 0.3) is 5.69 Å². The fraction of sp³-hybridized carbons (Fsp3) is 0.400. The summed E-state index contributed by atoms with van der Waals surface area (Å²) >= 11 is 0. The van der Waals surface area contributed by atoms with E-state index >= 15 is 0 Å². The minimum absolute atomic E-state index is 0.106. The van der Waals surface area contributed by atoms with E-state index in [1.165, 1.54) is 6.21 Å². The van der Waals surface area contributed by atoms with Crippen LogP contribution in [0.15, 0.2) is 34.3 Å². The SMILES string of the molecule is CC(C)(C)OC(=O)NCCCc1cc2c(cc1[N+](=O)[O-])C=NC2.O=[N+]([O-])c1cc2c(cc1OC(F)(F)F)CN=C2. The summed E-state index contributed by atoms with van der Waals surface area (Å²) in [5.41, 5.74) is 2.23. The summed E-state index contributed by atoms with van der Waals surface area (Å²) < 4.78 is 44.9. The maximum absolute atomic E-state index is 12.1. The third-order valence-corrected chi connectivity index (χ3v) is 5.46. The van der Waals surface area contributed by atoms with Gasteiger partial charge in [-0.05, 0) is 56.9 Å². The van der Waals surface area contributed by atoms with Gasteiger partial charge in [-0.1, -0.05) is 0 Å². The van der Waals surface area contributed by atoms with Crippen molar-refractivity contribution >= 4 is 29.9 Å². The summed E-state index contributed by atoms with van der Waals surface area (Å²) in [4.78, 5) is 40.0. The van der Waals surface area contributed by atoms with Crippen LogP contribution in [-0.4, -0.2) is 46.9 Å². The first kappa shape index (κ1) is 30.0. The smallest absolute Gasteiger partial charge is 0.444 e. The highest BCUT2D eigenvalue weighted by Crippen LogP contribution is 2.35. The van der Waals surface area contributed by atoms with E-state index in [2.05, 4.69) is 20.0 Å². The molecule has 40 heavy (non-hydrogen) atoms. The van der Waals surface area contributed by atoms with Crippen LogP contribution in [0.2, 0.25) is 0 Å². The number of nitro benzene ring substituents is 2. The summed E-state index contributed by atoms with van der Waals surface area (Å²) in [6, 6.07) is 5.43. The summed E-state index contributed by atoms with van der Waals surface area (Å²) in [5, 5.41) is 24.5. The molecule has 0 saturated heterocycles. The Hall–Kier alpha value is -4.56. The third kappa shape index (κ3) is 8.47. The van der Waals surface area contributed by atoms with E-state index in [0.717, 1.165) is 23.3 Å². The molecule has 0 aromatic heterocycles. The third-order valence-electron chi connectivity index (χ3n) is 5.46. The molecule has 0 radical (unpaired) electrons. The number of amides is 1. The number of alkyl halides is 3. The summed E-state index contributed by atoms with van der Waals surface area (Å²) in [6.45, 7) is 6.55. The van der Waals surface area contributed by atoms with Crippen molar-refractivity contribution in [1.82, 2.24) is 5.32 Å². The molecule has 0 aliphatic carbocycles. The minimum Gasteiger partial charge on any atom is -0.444 e. The van der Waals surface area contributed by atoms with Crippen LogP contribution in [0, 0.1) is 20.2 Å². The fourth-order valence-corrected chi connectivity index (χ4v) is 3.83. The molecule has 0 bridgehead atoms. The lowest BCUT2D eigenvalue weighted by Gasteiger charge is -2.19. The van der Waals surface area contributed by atoms with Crippen LogP contribution >= 0.6 is 0 Å². The number of aryl methyl sites for hydroxylation is 1. The van der Waals surface area contributed by atoms with Crippen LogP contribution in [0.5, 0.6) is 5.75 Å². The highest BCUT2D eigenvalue weighted by atomic mass is 19.4. The summed E-state index contributed by atoms with van der Waals surface area (Å²) in [6.07, 6.45) is -1.29. The van der Waals surface area contributed by atoms with E-state index in [-0.39, 0.29) is 17.2 Å². The predicted octanol–water partition coefficient (Wildman–Crippen LogP) is 5.41. The van der Waals surface area contributed by atoms with Crippen molar-refractivity contribution in [3.05, 3.63) is 72.3 Å². The molecule has 0 saturated carbocycles. The molecule has 2 aromatic rings. The number of aliphatic imine (C=N–C) groups is 2. The first-order chi connectivity index (χ1) is 18.6. The first-order valence-corrected chi connectivity index (χ1v) is 12.0. The number of benzene rings is 2. The lowest BCUT2D eigenvalue weighted by Crippen LogP contribution is -2.33. The molecule has 2 heterocycles. The Kier molecular flexibility index (Phi) is 9.06. The van der Waals surface area contributed by atoms with Crippen LogP contribution in [-0.2, 0) is 24.2 Å². The van der Waals surface area contributed by atoms with E-state index < -0.39 is 34.4 Å². The summed E-state index contributed by atoms with van der Waals surface area (Å²) in [5.74, 6) is -0.813.